The number of rotatable bonds is 4. The fraction of sp³-hybridized carbons (Fsp3) is 0.407. The number of aliphatic imine (C=N–C) groups is 1. The van der Waals surface area contributed by atoms with Gasteiger partial charge in [0.2, 0.25) is 5.91 Å². The summed E-state index contributed by atoms with van der Waals surface area (Å²) in [7, 11) is 0. The number of nitrogens with zero attached hydrogens (tertiary/aromatic N) is 4. The van der Waals surface area contributed by atoms with Gasteiger partial charge in [-0.05, 0) is 68.0 Å². The average molecular weight is 508 g/mol. The number of pyridine rings is 1. The third-order valence-corrected chi connectivity index (χ3v) is 8.91. The van der Waals surface area contributed by atoms with E-state index in [0.29, 0.717) is 23.5 Å². The molecule has 3 aliphatic rings. The monoisotopic (exact) mass is 507 g/mol. The van der Waals surface area contributed by atoms with Crippen molar-refractivity contribution in [3.8, 4) is 6.07 Å². The van der Waals surface area contributed by atoms with Crippen LogP contribution in [-0.2, 0) is 10.3 Å². The Bertz CT molecular complexity index is 1310. The number of fused-ring (bicyclic) bond motifs is 1. The van der Waals surface area contributed by atoms with Gasteiger partial charge in [0.25, 0.3) is 0 Å². The molecule has 6 nitrogen and oxygen atoms in total. The maximum absolute atomic E-state index is 15.2. The summed E-state index contributed by atoms with van der Waals surface area (Å²) in [5.41, 5.74) is 6.30. The second-order valence-corrected chi connectivity index (χ2v) is 11.4. The number of aromatic nitrogens is 1. The summed E-state index contributed by atoms with van der Waals surface area (Å²) in [6.07, 6.45) is 5.07. The Labute approximate surface area is 213 Å². The number of halogens is 2. The Balaban J connectivity index is 1.45. The van der Waals surface area contributed by atoms with E-state index in [2.05, 4.69) is 16.9 Å². The van der Waals surface area contributed by atoms with E-state index in [9.17, 15) is 9.18 Å². The van der Waals surface area contributed by atoms with Crippen LogP contribution in [-0.4, -0.2) is 38.8 Å². The molecule has 2 aromatic rings. The zero-order chi connectivity index (χ0) is 25.7. The number of piperidine rings is 1. The van der Waals surface area contributed by atoms with Crippen molar-refractivity contribution in [2.45, 2.75) is 43.4 Å². The highest BCUT2D eigenvalue weighted by Gasteiger charge is 2.71. The van der Waals surface area contributed by atoms with Gasteiger partial charge < -0.3 is 10.6 Å². The number of carbonyl (C=O) groups excluding carboxylic acids is 1. The Kier molecular flexibility index (Phi) is 6.11. The number of hydrogen-bond donors (Lipinski definition) is 1. The SMILES string of the molecule is CC1CCN(C(=O)[C@]23C[C@H]2[C@@](C)(c2cc(/C=C(\F)c4ccc(C#N)cn4)ccc2F)N=C(N)S3)CC1. The Hall–Kier alpha value is -3.25. The van der Waals surface area contributed by atoms with E-state index in [-0.39, 0.29) is 28.3 Å². The number of likely N-dealkylation sites (tertiary alicyclic amines) is 1. The lowest BCUT2D eigenvalue weighted by Crippen LogP contribution is -2.48. The number of thioether (sulfide) groups is 1. The largest absolute Gasteiger partial charge is 0.378 e. The first-order valence-electron chi connectivity index (χ1n) is 12.0. The normalized spacial score (nSPS) is 28.2. The molecule has 5 rings (SSSR count). The van der Waals surface area contributed by atoms with Gasteiger partial charge in [-0.2, -0.15) is 5.26 Å². The molecule has 1 amide bonds. The van der Waals surface area contributed by atoms with Crippen LogP contribution >= 0.6 is 11.8 Å². The average Bonchev–Trinajstić information content (AvgIpc) is 3.62. The van der Waals surface area contributed by atoms with E-state index in [4.69, 9.17) is 11.0 Å². The minimum absolute atomic E-state index is 0.0582. The van der Waals surface area contributed by atoms with Crippen molar-refractivity contribution in [3.05, 3.63) is 64.7 Å². The summed E-state index contributed by atoms with van der Waals surface area (Å²) < 4.78 is 29.4. The summed E-state index contributed by atoms with van der Waals surface area (Å²) in [4.78, 5) is 24.1. The lowest BCUT2D eigenvalue weighted by Gasteiger charge is -2.37. The lowest BCUT2D eigenvalue weighted by molar-refractivity contribution is -0.133. The highest BCUT2D eigenvalue weighted by molar-refractivity contribution is 8.15. The molecule has 1 aromatic carbocycles. The molecule has 3 heterocycles. The van der Waals surface area contributed by atoms with Crippen molar-refractivity contribution >= 4 is 34.7 Å². The fourth-order valence-electron chi connectivity index (χ4n) is 5.38. The van der Waals surface area contributed by atoms with Gasteiger partial charge >= 0.3 is 0 Å². The van der Waals surface area contributed by atoms with Gasteiger partial charge in [0, 0.05) is 30.8 Å². The number of nitriles is 1. The molecular weight excluding hydrogens is 480 g/mol. The van der Waals surface area contributed by atoms with Crippen molar-refractivity contribution in [1.29, 1.82) is 5.26 Å². The number of amides is 1. The minimum atomic E-state index is -1.05. The van der Waals surface area contributed by atoms with Gasteiger partial charge in [-0.1, -0.05) is 24.8 Å². The molecule has 0 spiro atoms. The molecule has 1 saturated carbocycles. The Morgan fingerprint density at radius 2 is 2.06 bits per heavy atom. The topological polar surface area (TPSA) is 95.4 Å². The van der Waals surface area contributed by atoms with E-state index in [1.54, 1.807) is 6.07 Å². The standard InChI is InChI=1S/C27H27F2N5OS/c1-16-7-9-34(10-8-16)24(35)27-13-23(27)26(2,33-25(31)36-27)19-11-17(3-5-20(19)28)12-21(29)22-6-4-18(14-30)15-32-22/h3-6,11-12,15-16,23H,7-10,13H2,1-2H3,(H2,31,33)/b21-12-/t23-,26+,27-/m0/s1. The first kappa shape index (κ1) is 24.4. The molecule has 9 heteroatoms. The molecule has 3 atom stereocenters. The van der Waals surface area contributed by atoms with Crippen LogP contribution in [0.1, 0.15) is 55.5 Å². The van der Waals surface area contributed by atoms with Gasteiger partial charge in [0.1, 0.15) is 22.5 Å². The van der Waals surface area contributed by atoms with Crippen molar-refractivity contribution in [3.63, 3.8) is 0 Å². The smallest absolute Gasteiger partial charge is 0.239 e. The zero-order valence-electron chi connectivity index (χ0n) is 20.2. The van der Waals surface area contributed by atoms with Crippen molar-refractivity contribution in [2.75, 3.05) is 13.1 Å². The predicted octanol–water partition coefficient (Wildman–Crippen LogP) is 4.85. The van der Waals surface area contributed by atoms with Crippen molar-refractivity contribution in [1.82, 2.24) is 9.88 Å². The Morgan fingerprint density at radius 1 is 1.31 bits per heavy atom. The van der Waals surface area contributed by atoms with Gasteiger partial charge in [0.05, 0.1) is 16.8 Å². The molecule has 2 N–H and O–H groups in total. The van der Waals surface area contributed by atoms with Crippen molar-refractivity contribution < 1.29 is 13.6 Å². The molecule has 1 saturated heterocycles. The van der Waals surface area contributed by atoms with Crippen LogP contribution in [0.2, 0.25) is 0 Å². The molecule has 2 fully saturated rings. The molecule has 2 aliphatic heterocycles. The lowest BCUT2D eigenvalue weighted by atomic mass is 9.84. The molecule has 36 heavy (non-hydrogen) atoms. The fourth-order valence-corrected chi connectivity index (χ4v) is 6.82. The molecule has 1 aromatic heterocycles. The second-order valence-electron chi connectivity index (χ2n) is 10.1. The summed E-state index contributed by atoms with van der Waals surface area (Å²) in [6.45, 7) is 5.45. The van der Waals surface area contributed by atoms with Gasteiger partial charge in [-0.15, -0.1) is 0 Å². The van der Waals surface area contributed by atoms with Crippen LogP contribution in [0.5, 0.6) is 0 Å². The third kappa shape index (κ3) is 4.17. The summed E-state index contributed by atoms with van der Waals surface area (Å²) in [5, 5.41) is 9.17. The Morgan fingerprint density at radius 3 is 2.72 bits per heavy atom. The van der Waals surface area contributed by atoms with Crippen molar-refractivity contribution in [2.24, 2.45) is 22.6 Å². The quantitative estimate of drug-likeness (QED) is 0.638. The molecule has 0 radical (unpaired) electrons. The number of nitrogens with two attached hydrogens (primary N) is 1. The van der Waals surface area contributed by atoms with Crippen LogP contribution in [0.15, 0.2) is 41.5 Å². The second kappa shape index (κ2) is 9.00. The zero-order valence-corrected chi connectivity index (χ0v) is 21.0. The van der Waals surface area contributed by atoms with Crippen LogP contribution in [0.25, 0.3) is 11.9 Å². The summed E-state index contributed by atoms with van der Waals surface area (Å²) in [5.74, 6) is -0.646. The van der Waals surface area contributed by atoms with E-state index < -0.39 is 21.9 Å². The maximum atomic E-state index is 15.2. The van der Waals surface area contributed by atoms with Crippen LogP contribution < -0.4 is 5.73 Å². The third-order valence-electron chi connectivity index (χ3n) is 7.62. The number of hydrogen-bond acceptors (Lipinski definition) is 6. The maximum Gasteiger partial charge on any atom is 0.239 e. The summed E-state index contributed by atoms with van der Waals surface area (Å²) in [6, 6.07) is 9.19. The van der Waals surface area contributed by atoms with Crippen LogP contribution in [0.3, 0.4) is 0 Å². The molecule has 1 aliphatic carbocycles. The van der Waals surface area contributed by atoms with E-state index in [0.717, 1.165) is 25.9 Å². The van der Waals surface area contributed by atoms with E-state index in [1.807, 2.05) is 17.9 Å². The first-order valence-corrected chi connectivity index (χ1v) is 12.9. The summed E-state index contributed by atoms with van der Waals surface area (Å²) >= 11 is 1.29. The molecule has 0 bridgehead atoms. The van der Waals surface area contributed by atoms with Gasteiger partial charge in [-0.25, -0.2) is 8.78 Å². The number of carbonyl (C=O) groups is 1. The van der Waals surface area contributed by atoms with E-state index in [1.165, 1.54) is 48.3 Å². The van der Waals surface area contributed by atoms with Crippen LogP contribution in [0.4, 0.5) is 8.78 Å². The first-order chi connectivity index (χ1) is 17.2. The van der Waals surface area contributed by atoms with Gasteiger partial charge in [0.15, 0.2) is 5.17 Å². The minimum Gasteiger partial charge on any atom is -0.378 e. The van der Waals surface area contributed by atoms with Gasteiger partial charge in [-0.3, -0.25) is 14.8 Å². The molecular formula is C27H27F2N5OS. The highest BCUT2D eigenvalue weighted by Crippen LogP contribution is 2.66. The number of amidine groups is 1. The van der Waals surface area contributed by atoms with E-state index >= 15 is 4.39 Å². The number of benzene rings is 1. The molecule has 186 valence electrons. The predicted molar refractivity (Wildman–Crippen MR) is 137 cm³/mol. The molecule has 0 unspecified atom stereocenters. The highest BCUT2D eigenvalue weighted by atomic mass is 32.2. The van der Waals surface area contributed by atoms with Crippen LogP contribution in [0, 0.1) is 29.0 Å².